The number of amides is 1. The first-order valence-electron chi connectivity index (χ1n) is 7.03. The highest BCUT2D eigenvalue weighted by Gasteiger charge is 2.24. The summed E-state index contributed by atoms with van der Waals surface area (Å²) in [6.45, 7) is 8.94. The van der Waals surface area contributed by atoms with Crippen LogP contribution in [0.15, 0.2) is 6.07 Å². The molecule has 0 N–H and O–H groups in total. The second-order valence-electron chi connectivity index (χ2n) is 5.24. The third kappa shape index (κ3) is 3.49. The van der Waals surface area contributed by atoms with Crippen LogP contribution in [0.4, 0.5) is 4.79 Å². The summed E-state index contributed by atoms with van der Waals surface area (Å²) in [5.74, 6) is 0.601. The van der Waals surface area contributed by atoms with Crippen LogP contribution >= 0.6 is 0 Å². The normalized spacial score (nSPS) is 16.7. The van der Waals surface area contributed by atoms with Gasteiger partial charge in [0.25, 0.3) is 0 Å². The Labute approximate surface area is 114 Å². The molecule has 1 aliphatic heterocycles. The van der Waals surface area contributed by atoms with Crippen LogP contribution in [0.1, 0.15) is 31.2 Å². The van der Waals surface area contributed by atoms with Crippen LogP contribution in [0, 0.1) is 19.8 Å². The summed E-state index contributed by atoms with van der Waals surface area (Å²) < 4.78 is 7.11. The summed E-state index contributed by atoms with van der Waals surface area (Å²) in [6, 6.07) is 2.10. The molecule has 5 nitrogen and oxygen atoms in total. The smallest absolute Gasteiger partial charge is 0.409 e. The van der Waals surface area contributed by atoms with Gasteiger partial charge in [0.05, 0.1) is 12.3 Å². The first-order valence-corrected chi connectivity index (χ1v) is 7.03. The molecule has 0 bridgehead atoms. The van der Waals surface area contributed by atoms with E-state index in [4.69, 9.17) is 4.74 Å². The van der Waals surface area contributed by atoms with Gasteiger partial charge in [-0.3, -0.25) is 4.68 Å². The van der Waals surface area contributed by atoms with E-state index in [9.17, 15) is 4.79 Å². The average molecular weight is 265 g/mol. The third-order valence-corrected chi connectivity index (χ3v) is 3.68. The molecule has 2 rings (SSSR count). The molecule has 5 heteroatoms. The van der Waals surface area contributed by atoms with Crippen LogP contribution in [0.5, 0.6) is 0 Å². The van der Waals surface area contributed by atoms with Crippen LogP contribution < -0.4 is 0 Å². The van der Waals surface area contributed by atoms with Crippen molar-refractivity contribution in [2.45, 2.75) is 40.2 Å². The van der Waals surface area contributed by atoms with Gasteiger partial charge in [0.1, 0.15) is 0 Å². The number of likely N-dealkylation sites (tertiary alicyclic amines) is 1. The number of nitrogens with zero attached hydrogens (tertiary/aromatic N) is 3. The van der Waals surface area contributed by atoms with Crippen LogP contribution in [-0.4, -0.2) is 40.5 Å². The zero-order valence-electron chi connectivity index (χ0n) is 12.1. The predicted octanol–water partition coefficient (Wildman–Crippen LogP) is 2.37. The molecule has 19 heavy (non-hydrogen) atoms. The van der Waals surface area contributed by atoms with Gasteiger partial charge in [0.15, 0.2) is 0 Å². The van der Waals surface area contributed by atoms with Crippen molar-refractivity contribution in [2.75, 3.05) is 19.7 Å². The topological polar surface area (TPSA) is 47.4 Å². The lowest BCUT2D eigenvalue weighted by Crippen LogP contribution is -2.39. The minimum absolute atomic E-state index is 0.174. The van der Waals surface area contributed by atoms with Gasteiger partial charge >= 0.3 is 6.09 Å². The molecule has 0 aliphatic carbocycles. The van der Waals surface area contributed by atoms with Crippen molar-refractivity contribution in [3.63, 3.8) is 0 Å². The van der Waals surface area contributed by atoms with Gasteiger partial charge in [-0.1, -0.05) is 0 Å². The monoisotopic (exact) mass is 265 g/mol. The van der Waals surface area contributed by atoms with Crippen molar-refractivity contribution >= 4 is 6.09 Å². The standard InChI is InChI=1S/C14H23N3O2/c1-4-19-14(18)16-7-5-13(6-8-16)10-17-12(3)9-11(2)15-17/h9,13H,4-8,10H2,1-3H3. The summed E-state index contributed by atoms with van der Waals surface area (Å²) in [4.78, 5) is 13.4. The van der Waals surface area contributed by atoms with Crippen molar-refractivity contribution in [1.82, 2.24) is 14.7 Å². The number of hydrogen-bond acceptors (Lipinski definition) is 3. The number of ether oxygens (including phenoxy) is 1. The Bertz CT molecular complexity index is 434. The summed E-state index contributed by atoms with van der Waals surface area (Å²) in [7, 11) is 0. The van der Waals surface area contributed by atoms with E-state index in [2.05, 4.69) is 22.8 Å². The molecule has 1 aliphatic rings. The van der Waals surface area contributed by atoms with Gasteiger partial charge < -0.3 is 9.64 Å². The van der Waals surface area contributed by atoms with Gasteiger partial charge in [-0.2, -0.15) is 5.10 Å². The number of aryl methyl sites for hydroxylation is 2. The molecule has 2 heterocycles. The quantitative estimate of drug-likeness (QED) is 0.843. The first kappa shape index (κ1) is 13.9. The van der Waals surface area contributed by atoms with Crippen LogP contribution in [0.3, 0.4) is 0 Å². The van der Waals surface area contributed by atoms with E-state index in [1.165, 1.54) is 5.69 Å². The van der Waals surface area contributed by atoms with Crippen LogP contribution in [0.2, 0.25) is 0 Å². The van der Waals surface area contributed by atoms with E-state index in [0.717, 1.165) is 38.2 Å². The lowest BCUT2D eigenvalue weighted by Gasteiger charge is -2.31. The van der Waals surface area contributed by atoms with Crippen molar-refractivity contribution in [2.24, 2.45) is 5.92 Å². The number of hydrogen-bond donors (Lipinski definition) is 0. The SMILES string of the molecule is CCOC(=O)N1CCC(Cn2nc(C)cc2C)CC1. The Kier molecular flexibility index (Phi) is 4.45. The Hall–Kier alpha value is -1.52. The fourth-order valence-electron chi connectivity index (χ4n) is 2.62. The number of piperidine rings is 1. The predicted molar refractivity (Wildman–Crippen MR) is 73.0 cm³/mol. The van der Waals surface area contributed by atoms with E-state index in [0.29, 0.717) is 12.5 Å². The molecular formula is C14H23N3O2. The number of carbonyl (C=O) groups excluding carboxylic acids is 1. The second kappa shape index (κ2) is 6.08. The van der Waals surface area contributed by atoms with Gasteiger partial charge in [-0.05, 0) is 45.6 Å². The Morgan fingerprint density at radius 1 is 1.42 bits per heavy atom. The number of carbonyl (C=O) groups is 1. The summed E-state index contributed by atoms with van der Waals surface area (Å²) in [5.41, 5.74) is 2.28. The molecule has 0 radical (unpaired) electrons. The molecular weight excluding hydrogens is 242 g/mol. The molecule has 106 valence electrons. The van der Waals surface area contributed by atoms with E-state index in [1.807, 2.05) is 13.8 Å². The molecule has 0 aromatic carbocycles. The lowest BCUT2D eigenvalue weighted by molar-refractivity contribution is 0.0895. The maximum Gasteiger partial charge on any atom is 0.409 e. The van der Waals surface area contributed by atoms with Crippen LogP contribution in [0.25, 0.3) is 0 Å². The Morgan fingerprint density at radius 2 is 2.11 bits per heavy atom. The highest BCUT2D eigenvalue weighted by atomic mass is 16.6. The van der Waals surface area contributed by atoms with Crippen molar-refractivity contribution in [1.29, 1.82) is 0 Å². The molecule has 1 aromatic heterocycles. The van der Waals surface area contributed by atoms with Gasteiger partial charge in [0, 0.05) is 25.3 Å². The first-order chi connectivity index (χ1) is 9.10. The van der Waals surface area contributed by atoms with Crippen molar-refractivity contribution in [3.8, 4) is 0 Å². The summed E-state index contributed by atoms with van der Waals surface area (Å²) in [5, 5.41) is 4.50. The molecule has 0 saturated carbocycles. The molecule has 0 atom stereocenters. The third-order valence-electron chi connectivity index (χ3n) is 3.68. The van der Waals surface area contributed by atoms with E-state index < -0.39 is 0 Å². The Balaban J connectivity index is 1.83. The minimum atomic E-state index is -0.174. The molecule has 1 saturated heterocycles. The number of rotatable bonds is 3. The molecule has 1 amide bonds. The molecule has 1 aromatic rings. The van der Waals surface area contributed by atoms with Crippen LogP contribution in [-0.2, 0) is 11.3 Å². The second-order valence-corrected chi connectivity index (χ2v) is 5.24. The summed E-state index contributed by atoms with van der Waals surface area (Å²) >= 11 is 0. The van der Waals surface area contributed by atoms with Crippen molar-refractivity contribution < 1.29 is 9.53 Å². The van der Waals surface area contributed by atoms with Gasteiger partial charge in [-0.25, -0.2) is 4.79 Å². The van der Waals surface area contributed by atoms with Crippen molar-refractivity contribution in [3.05, 3.63) is 17.5 Å². The zero-order valence-corrected chi connectivity index (χ0v) is 12.1. The number of aromatic nitrogens is 2. The lowest BCUT2D eigenvalue weighted by atomic mass is 9.97. The highest BCUT2D eigenvalue weighted by Crippen LogP contribution is 2.20. The van der Waals surface area contributed by atoms with E-state index in [-0.39, 0.29) is 6.09 Å². The molecule has 0 unspecified atom stereocenters. The largest absolute Gasteiger partial charge is 0.450 e. The van der Waals surface area contributed by atoms with Gasteiger partial charge in [-0.15, -0.1) is 0 Å². The zero-order chi connectivity index (χ0) is 13.8. The van der Waals surface area contributed by atoms with Gasteiger partial charge in [0.2, 0.25) is 0 Å². The summed E-state index contributed by atoms with van der Waals surface area (Å²) in [6.07, 6.45) is 1.88. The highest BCUT2D eigenvalue weighted by molar-refractivity contribution is 5.67. The van der Waals surface area contributed by atoms with E-state index >= 15 is 0 Å². The van der Waals surface area contributed by atoms with E-state index in [1.54, 1.807) is 4.90 Å². The molecule has 0 spiro atoms. The fraction of sp³-hybridized carbons (Fsp3) is 0.714. The molecule has 1 fully saturated rings. The Morgan fingerprint density at radius 3 is 2.63 bits per heavy atom. The maximum absolute atomic E-state index is 11.6. The minimum Gasteiger partial charge on any atom is -0.450 e. The maximum atomic E-state index is 11.6. The average Bonchev–Trinajstić information content (AvgIpc) is 2.69. The fourth-order valence-corrected chi connectivity index (χ4v) is 2.62.